The van der Waals surface area contributed by atoms with Crippen molar-refractivity contribution in [1.29, 1.82) is 0 Å². The zero-order valence-electron chi connectivity index (χ0n) is 8.20. The van der Waals surface area contributed by atoms with Crippen molar-refractivity contribution < 1.29 is 9.59 Å². The Kier molecular flexibility index (Phi) is 2.24. The van der Waals surface area contributed by atoms with Gasteiger partial charge in [0, 0.05) is 11.3 Å². The van der Waals surface area contributed by atoms with Gasteiger partial charge in [0.1, 0.15) is 0 Å². The number of hydrogen-bond acceptors (Lipinski definition) is 2. The molecule has 0 saturated carbocycles. The van der Waals surface area contributed by atoms with Gasteiger partial charge in [-0.2, -0.15) is 0 Å². The molecule has 0 aromatic rings. The monoisotopic (exact) mass is 199 g/mol. The van der Waals surface area contributed by atoms with Crippen LogP contribution in [0.3, 0.4) is 0 Å². The summed E-state index contributed by atoms with van der Waals surface area (Å²) in [5.41, 5.74) is 4.75. The van der Waals surface area contributed by atoms with Crippen LogP contribution in [0.15, 0.2) is 53.0 Å². The average Bonchev–Trinajstić information content (AvgIpc) is 2.39. The molecular formula is C12H9NO2. The lowest BCUT2D eigenvalue weighted by atomic mass is 10.1. The van der Waals surface area contributed by atoms with Crippen LogP contribution in [-0.4, -0.2) is 11.7 Å². The predicted molar refractivity (Wildman–Crippen MR) is 55.7 cm³/mol. The highest BCUT2D eigenvalue weighted by Gasteiger charge is 2.24. The van der Waals surface area contributed by atoms with Crippen molar-refractivity contribution >= 4 is 11.7 Å². The maximum atomic E-state index is 11.5. The SMILES string of the molecule is CC(=O)C=C1C(=O)NC2=C1C=C=CC=C2. The van der Waals surface area contributed by atoms with Gasteiger partial charge in [-0.15, -0.1) is 5.73 Å². The Morgan fingerprint density at radius 1 is 1.53 bits per heavy atom. The third-order valence-electron chi connectivity index (χ3n) is 2.10. The third-order valence-corrected chi connectivity index (χ3v) is 2.10. The highest BCUT2D eigenvalue weighted by atomic mass is 16.2. The van der Waals surface area contributed by atoms with E-state index in [1.165, 1.54) is 13.0 Å². The van der Waals surface area contributed by atoms with E-state index in [1.807, 2.05) is 0 Å². The van der Waals surface area contributed by atoms with E-state index in [9.17, 15) is 9.59 Å². The second-order valence-corrected chi connectivity index (χ2v) is 3.29. The van der Waals surface area contributed by atoms with Crippen LogP contribution in [0.2, 0.25) is 0 Å². The fraction of sp³-hybridized carbons (Fsp3) is 0.0833. The van der Waals surface area contributed by atoms with Crippen LogP contribution in [0.5, 0.6) is 0 Å². The summed E-state index contributed by atoms with van der Waals surface area (Å²) in [6.07, 6.45) is 8.35. The Morgan fingerprint density at radius 3 is 3.07 bits per heavy atom. The molecular weight excluding hydrogens is 190 g/mol. The van der Waals surface area contributed by atoms with Crippen LogP contribution in [0.4, 0.5) is 0 Å². The number of nitrogens with one attached hydrogen (secondary N) is 1. The van der Waals surface area contributed by atoms with E-state index in [2.05, 4.69) is 11.0 Å². The molecule has 0 fully saturated rings. The Balaban J connectivity index is 2.53. The van der Waals surface area contributed by atoms with Crippen LogP contribution >= 0.6 is 0 Å². The average molecular weight is 199 g/mol. The van der Waals surface area contributed by atoms with E-state index in [1.54, 1.807) is 24.3 Å². The summed E-state index contributed by atoms with van der Waals surface area (Å²) < 4.78 is 0. The zero-order valence-corrected chi connectivity index (χ0v) is 8.20. The first-order valence-corrected chi connectivity index (χ1v) is 4.56. The number of ketones is 1. The molecule has 3 heteroatoms. The molecule has 0 aromatic carbocycles. The Morgan fingerprint density at radius 2 is 2.33 bits per heavy atom. The molecule has 0 atom stereocenters. The van der Waals surface area contributed by atoms with Crippen LogP contribution in [0.1, 0.15) is 6.92 Å². The van der Waals surface area contributed by atoms with Crippen LogP contribution < -0.4 is 5.32 Å². The standard InChI is InChI=1S/C12H9NO2/c1-8(14)7-10-9-5-3-2-4-6-11(9)13-12(10)15/h2,4-7H,1H3,(H,13,15). The summed E-state index contributed by atoms with van der Waals surface area (Å²) in [6.45, 7) is 1.42. The van der Waals surface area contributed by atoms with Gasteiger partial charge in [-0.25, -0.2) is 0 Å². The molecule has 0 radical (unpaired) electrons. The fourth-order valence-corrected chi connectivity index (χ4v) is 1.49. The summed E-state index contributed by atoms with van der Waals surface area (Å²) in [7, 11) is 0. The summed E-state index contributed by atoms with van der Waals surface area (Å²) in [5, 5.41) is 2.69. The zero-order chi connectivity index (χ0) is 10.8. The first-order valence-electron chi connectivity index (χ1n) is 4.56. The van der Waals surface area contributed by atoms with Gasteiger partial charge in [-0.1, -0.05) is 6.08 Å². The van der Waals surface area contributed by atoms with Gasteiger partial charge in [-0.05, 0) is 31.2 Å². The molecule has 2 rings (SSSR count). The van der Waals surface area contributed by atoms with Crippen LogP contribution in [0.25, 0.3) is 0 Å². The van der Waals surface area contributed by atoms with Gasteiger partial charge in [0.25, 0.3) is 5.91 Å². The first kappa shape index (κ1) is 9.44. The van der Waals surface area contributed by atoms with Gasteiger partial charge in [-0.3, -0.25) is 9.59 Å². The van der Waals surface area contributed by atoms with Gasteiger partial charge >= 0.3 is 0 Å². The van der Waals surface area contributed by atoms with Crippen LogP contribution in [-0.2, 0) is 9.59 Å². The summed E-state index contributed by atoms with van der Waals surface area (Å²) >= 11 is 0. The molecule has 0 aromatic heterocycles. The highest BCUT2D eigenvalue weighted by molar-refractivity contribution is 6.08. The maximum Gasteiger partial charge on any atom is 0.256 e. The number of rotatable bonds is 1. The first-order chi connectivity index (χ1) is 7.18. The number of hydrogen-bond donors (Lipinski definition) is 1. The minimum absolute atomic E-state index is 0.139. The van der Waals surface area contributed by atoms with E-state index < -0.39 is 0 Å². The van der Waals surface area contributed by atoms with E-state index in [0.717, 1.165) is 5.57 Å². The predicted octanol–water partition coefficient (Wildman–Crippen LogP) is 1.17. The summed E-state index contributed by atoms with van der Waals surface area (Å²) in [6, 6.07) is 0. The van der Waals surface area contributed by atoms with Crippen molar-refractivity contribution in [3.8, 4) is 0 Å². The lowest BCUT2D eigenvalue weighted by molar-refractivity contribution is -0.117. The van der Waals surface area contributed by atoms with Crippen molar-refractivity contribution in [2.75, 3.05) is 0 Å². The van der Waals surface area contributed by atoms with Crippen molar-refractivity contribution in [2.45, 2.75) is 6.92 Å². The number of allylic oxidation sites excluding steroid dienone is 4. The quantitative estimate of drug-likeness (QED) is 0.509. The van der Waals surface area contributed by atoms with E-state index >= 15 is 0 Å². The molecule has 74 valence electrons. The second kappa shape index (κ2) is 3.56. The maximum absolute atomic E-state index is 11.5. The molecule has 15 heavy (non-hydrogen) atoms. The molecule has 0 unspecified atom stereocenters. The molecule has 2 aliphatic rings. The number of amides is 1. The van der Waals surface area contributed by atoms with Gasteiger partial charge in [0.05, 0.1) is 5.57 Å². The number of carbonyl (C=O) groups excluding carboxylic acids is 2. The van der Waals surface area contributed by atoms with Gasteiger partial charge in [0.15, 0.2) is 5.78 Å². The molecule has 1 N–H and O–H groups in total. The Hall–Kier alpha value is -2.12. The highest BCUT2D eigenvalue weighted by Crippen LogP contribution is 2.23. The Labute approximate surface area is 87.2 Å². The van der Waals surface area contributed by atoms with E-state index in [-0.39, 0.29) is 11.7 Å². The minimum Gasteiger partial charge on any atom is -0.321 e. The van der Waals surface area contributed by atoms with E-state index in [4.69, 9.17) is 0 Å². The smallest absolute Gasteiger partial charge is 0.256 e. The number of carbonyl (C=O) groups is 2. The lowest BCUT2D eigenvalue weighted by Crippen LogP contribution is -2.16. The van der Waals surface area contributed by atoms with Crippen molar-refractivity contribution in [3.05, 3.63) is 53.0 Å². The van der Waals surface area contributed by atoms with Crippen LogP contribution in [0, 0.1) is 0 Å². The molecule has 0 spiro atoms. The Bertz CT molecular complexity index is 498. The van der Waals surface area contributed by atoms with Crippen molar-refractivity contribution in [3.63, 3.8) is 0 Å². The largest absolute Gasteiger partial charge is 0.321 e. The minimum atomic E-state index is -0.236. The summed E-state index contributed by atoms with van der Waals surface area (Å²) in [4.78, 5) is 22.5. The van der Waals surface area contributed by atoms with Gasteiger partial charge < -0.3 is 5.32 Å². The molecule has 1 heterocycles. The normalized spacial score (nSPS) is 20.6. The molecule has 0 bridgehead atoms. The molecule has 0 saturated heterocycles. The topological polar surface area (TPSA) is 46.2 Å². The van der Waals surface area contributed by atoms with Crippen molar-refractivity contribution in [2.24, 2.45) is 0 Å². The fourth-order valence-electron chi connectivity index (χ4n) is 1.49. The third kappa shape index (κ3) is 1.73. The second-order valence-electron chi connectivity index (χ2n) is 3.29. The molecule has 1 aliphatic carbocycles. The summed E-state index contributed by atoms with van der Waals surface area (Å²) in [5.74, 6) is -0.376. The van der Waals surface area contributed by atoms with Gasteiger partial charge in [0.2, 0.25) is 0 Å². The van der Waals surface area contributed by atoms with Crippen molar-refractivity contribution in [1.82, 2.24) is 5.32 Å². The molecule has 1 aliphatic heterocycles. The molecule has 1 amide bonds. The molecule has 3 nitrogen and oxygen atoms in total. The lowest BCUT2D eigenvalue weighted by Gasteiger charge is -1.93. The van der Waals surface area contributed by atoms with E-state index in [0.29, 0.717) is 11.3 Å².